The van der Waals surface area contributed by atoms with Crippen molar-refractivity contribution >= 4 is 11.8 Å². The smallest absolute Gasteiger partial charge is 0.343 e. The molecule has 0 unspecified atom stereocenters. The van der Waals surface area contributed by atoms with Gasteiger partial charge in [0.15, 0.2) is 12.4 Å². The highest BCUT2D eigenvalue weighted by Crippen LogP contribution is 2.22. The first-order valence-electron chi connectivity index (χ1n) is 4.57. The molecule has 0 saturated carbocycles. The summed E-state index contributed by atoms with van der Waals surface area (Å²) in [7, 11) is 1.30. The zero-order valence-electron chi connectivity index (χ0n) is 8.46. The number of ether oxygens (including phenoxy) is 2. The number of carbonyl (C=O) groups is 2. The molecule has 4 heteroatoms. The highest BCUT2D eigenvalue weighted by Gasteiger charge is 2.18. The summed E-state index contributed by atoms with van der Waals surface area (Å²) >= 11 is 0. The lowest BCUT2D eigenvalue weighted by Crippen LogP contribution is -2.15. The summed E-state index contributed by atoms with van der Waals surface area (Å²) in [6, 6.07) is 0. The van der Waals surface area contributed by atoms with Gasteiger partial charge in [-0.25, -0.2) is 4.79 Å². The maximum absolute atomic E-state index is 11.3. The Hall–Kier alpha value is -1.32. The minimum absolute atomic E-state index is 0.108. The van der Waals surface area contributed by atoms with Crippen LogP contribution in [-0.2, 0) is 19.1 Å². The van der Waals surface area contributed by atoms with Gasteiger partial charge in [0.25, 0.3) is 0 Å². The van der Waals surface area contributed by atoms with E-state index >= 15 is 0 Å². The Labute approximate surface area is 82.9 Å². The number of ketones is 1. The van der Waals surface area contributed by atoms with Gasteiger partial charge in [0.2, 0.25) is 0 Å². The first-order chi connectivity index (χ1) is 6.65. The van der Waals surface area contributed by atoms with E-state index in [-0.39, 0.29) is 12.4 Å². The van der Waals surface area contributed by atoms with Gasteiger partial charge in [-0.3, -0.25) is 4.79 Å². The monoisotopic (exact) mass is 198 g/mol. The second-order valence-electron chi connectivity index (χ2n) is 3.19. The summed E-state index contributed by atoms with van der Waals surface area (Å²) in [6.07, 6.45) is 2.11. The van der Waals surface area contributed by atoms with Crippen molar-refractivity contribution in [1.29, 1.82) is 0 Å². The molecule has 0 heterocycles. The van der Waals surface area contributed by atoms with Crippen molar-refractivity contribution in [3.8, 4) is 0 Å². The Balaban J connectivity index is 2.54. The van der Waals surface area contributed by atoms with Crippen LogP contribution in [0.5, 0.6) is 0 Å². The Morgan fingerprint density at radius 2 is 2.14 bits per heavy atom. The molecule has 0 aromatic carbocycles. The molecule has 78 valence electrons. The quantitative estimate of drug-likeness (QED) is 0.639. The van der Waals surface area contributed by atoms with E-state index in [1.54, 1.807) is 6.92 Å². The molecule has 0 radical (unpaired) electrons. The van der Waals surface area contributed by atoms with Gasteiger partial charge in [0, 0.05) is 18.4 Å². The molecular formula is C10H14O4. The van der Waals surface area contributed by atoms with Crippen LogP contribution in [0.3, 0.4) is 0 Å². The number of carbonyl (C=O) groups excluding carboxylic acids is 2. The largest absolute Gasteiger partial charge is 0.486 e. The van der Waals surface area contributed by atoms with E-state index in [1.165, 1.54) is 7.11 Å². The lowest BCUT2D eigenvalue weighted by molar-refractivity contribution is -0.144. The number of allylic oxidation sites excluding steroid dienone is 2. The number of esters is 1. The SMILES string of the molecule is COC(=O)COC1=C(C)C(=O)CCC1. The standard InChI is InChI=1S/C10H14O4/c1-7-8(11)4-3-5-9(7)14-6-10(12)13-2/h3-6H2,1-2H3. The van der Waals surface area contributed by atoms with E-state index in [2.05, 4.69) is 4.74 Å². The Morgan fingerprint density at radius 1 is 1.43 bits per heavy atom. The number of rotatable bonds is 3. The molecule has 0 amide bonds. The topological polar surface area (TPSA) is 52.6 Å². The summed E-state index contributed by atoms with van der Waals surface area (Å²) in [4.78, 5) is 22.1. The summed E-state index contributed by atoms with van der Waals surface area (Å²) in [6.45, 7) is 1.62. The van der Waals surface area contributed by atoms with Crippen molar-refractivity contribution in [2.45, 2.75) is 26.2 Å². The van der Waals surface area contributed by atoms with Crippen molar-refractivity contribution in [1.82, 2.24) is 0 Å². The first kappa shape index (κ1) is 10.8. The second-order valence-corrected chi connectivity index (χ2v) is 3.19. The molecule has 0 aromatic heterocycles. The van der Waals surface area contributed by atoms with E-state index in [1.807, 2.05) is 0 Å². The maximum atomic E-state index is 11.3. The van der Waals surface area contributed by atoms with Gasteiger partial charge in [-0.1, -0.05) is 0 Å². The summed E-state index contributed by atoms with van der Waals surface area (Å²) in [5, 5.41) is 0. The minimum Gasteiger partial charge on any atom is -0.486 e. The minimum atomic E-state index is -0.427. The average Bonchev–Trinajstić information content (AvgIpc) is 2.20. The third-order valence-electron chi connectivity index (χ3n) is 2.24. The Bertz CT molecular complexity index is 278. The summed E-state index contributed by atoms with van der Waals surface area (Å²) < 4.78 is 9.63. The fourth-order valence-corrected chi connectivity index (χ4v) is 1.33. The van der Waals surface area contributed by atoms with Crippen molar-refractivity contribution in [3.63, 3.8) is 0 Å². The normalized spacial score (nSPS) is 16.9. The number of Topliss-reactive ketones (excluding diaryl/α,β-unsaturated/α-hetero) is 1. The van der Waals surface area contributed by atoms with E-state index in [0.29, 0.717) is 17.8 Å². The van der Waals surface area contributed by atoms with Crippen LogP contribution in [0.15, 0.2) is 11.3 Å². The van der Waals surface area contributed by atoms with Crippen molar-refractivity contribution in [2.24, 2.45) is 0 Å². The molecule has 0 spiro atoms. The van der Waals surface area contributed by atoms with Crippen LogP contribution >= 0.6 is 0 Å². The Morgan fingerprint density at radius 3 is 2.79 bits per heavy atom. The number of methoxy groups -OCH3 is 1. The summed E-state index contributed by atoms with van der Waals surface area (Å²) in [5.74, 6) is 0.311. The molecule has 0 bridgehead atoms. The fraction of sp³-hybridized carbons (Fsp3) is 0.600. The molecular weight excluding hydrogens is 184 g/mol. The highest BCUT2D eigenvalue weighted by molar-refractivity contribution is 5.96. The van der Waals surface area contributed by atoms with Gasteiger partial charge >= 0.3 is 5.97 Å². The van der Waals surface area contributed by atoms with E-state index in [0.717, 1.165) is 12.8 Å². The van der Waals surface area contributed by atoms with E-state index < -0.39 is 5.97 Å². The third-order valence-corrected chi connectivity index (χ3v) is 2.24. The second kappa shape index (κ2) is 4.79. The Kier molecular flexibility index (Phi) is 3.68. The molecule has 0 N–H and O–H groups in total. The van der Waals surface area contributed by atoms with Crippen LogP contribution in [0.2, 0.25) is 0 Å². The predicted octanol–water partition coefficient (Wildman–Crippen LogP) is 1.20. The lowest BCUT2D eigenvalue weighted by Gasteiger charge is -2.16. The van der Waals surface area contributed by atoms with Crippen LogP contribution in [-0.4, -0.2) is 25.5 Å². The fourth-order valence-electron chi connectivity index (χ4n) is 1.33. The van der Waals surface area contributed by atoms with Gasteiger partial charge in [-0.05, 0) is 13.3 Å². The average molecular weight is 198 g/mol. The van der Waals surface area contributed by atoms with Crippen LogP contribution in [0.4, 0.5) is 0 Å². The van der Waals surface area contributed by atoms with Gasteiger partial charge in [-0.2, -0.15) is 0 Å². The molecule has 0 atom stereocenters. The summed E-state index contributed by atoms with van der Waals surface area (Å²) in [5.41, 5.74) is 0.639. The molecule has 0 saturated heterocycles. The van der Waals surface area contributed by atoms with Crippen molar-refractivity contribution in [3.05, 3.63) is 11.3 Å². The maximum Gasteiger partial charge on any atom is 0.343 e. The van der Waals surface area contributed by atoms with Crippen LogP contribution < -0.4 is 0 Å². The molecule has 0 aliphatic heterocycles. The van der Waals surface area contributed by atoms with Gasteiger partial charge < -0.3 is 9.47 Å². The molecule has 0 aromatic rings. The third kappa shape index (κ3) is 2.58. The lowest BCUT2D eigenvalue weighted by atomic mass is 9.98. The van der Waals surface area contributed by atoms with E-state index in [4.69, 9.17) is 4.74 Å². The number of hydrogen-bond donors (Lipinski definition) is 0. The molecule has 1 aliphatic rings. The van der Waals surface area contributed by atoms with Gasteiger partial charge in [0.05, 0.1) is 7.11 Å². The predicted molar refractivity (Wildman–Crippen MR) is 49.5 cm³/mol. The molecule has 1 rings (SSSR count). The molecule has 4 nitrogen and oxygen atoms in total. The highest BCUT2D eigenvalue weighted by atomic mass is 16.6. The van der Waals surface area contributed by atoms with Crippen molar-refractivity contribution < 1.29 is 19.1 Å². The molecule has 14 heavy (non-hydrogen) atoms. The zero-order chi connectivity index (χ0) is 10.6. The van der Waals surface area contributed by atoms with E-state index in [9.17, 15) is 9.59 Å². The van der Waals surface area contributed by atoms with Gasteiger partial charge in [0.1, 0.15) is 5.76 Å². The molecule has 0 fully saturated rings. The van der Waals surface area contributed by atoms with Crippen molar-refractivity contribution in [2.75, 3.05) is 13.7 Å². The van der Waals surface area contributed by atoms with Crippen LogP contribution in [0, 0.1) is 0 Å². The van der Waals surface area contributed by atoms with Crippen LogP contribution in [0.1, 0.15) is 26.2 Å². The molecule has 1 aliphatic carbocycles. The first-order valence-corrected chi connectivity index (χ1v) is 4.57. The number of hydrogen-bond acceptors (Lipinski definition) is 4. The van der Waals surface area contributed by atoms with Crippen LogP contribution in [0.25, 0.3) is 0 Å². The zero-order valence-corrected chi connectivity index (χ0v) is 8.46. The van der Waals surface area contributed by atoms with Gasteiger partial charge in [-0.15, -0.1) is 0 Å².